The topological polar surface area (TPSA) is 130 Å². The standard InChI is InChI=1S/C17H16N6O3S/c1-10-3-4-11(22-17(24)25)5-13(10)23-16-12(7-18-8-21-16)14-6-15(27(2)26)20-9-19-14/h3-9,22H,1-2H3,(H,24,25)(H,18,21,23). The summed E-state index contributed by atoms with van der Waals surface area (Å²) in [5.74, 6) is 0.479. The molecule has 1 atom stereocenters. The number of amides is 1. The van der Waals surface area contributed by atoms with Crippen LogP contribution in [0.4, 0.5) is 22.0 Å². The molecule has 138 valence electrons. The van der Waals surface area contributed by atoms with Gasteiger partial charge in [0.2, 0.25) is 0 Å². The van der Waals surface area contributed by atoms with Gasteiger partial charge in [-0.3, -0.25) is 9.53 Å². The van der Waals surface area contributed by atoms with Crippen LogP contribution in [-0.4, -0.2) is 41.6 Å². The Morgan fingerprint density at radius 2 is 1.96 bits per heavy atom. The van der Waals surface area contributed by atoms with E-state index >= 15 is 0 Å². The van der Waals surface area contributed by atoms with Crippen LogP contribution in [0.25, 0.3) is 11.3 Å². The summed E-state index contributed by atoms with van der Waals surface area (Å²) in [5.41, 5.74) is 3.12. The highest BCUT2D eigenvalue weighted by Gasteiger charge is 2.12. The van der Waals surface area contributed by atoms with Gasteiger partial charge in [-0.15, -0.1) is 0 Å². The average molecular weight is 384 g/mol. The summed E-state index contributed by atoms with van der Waals surface area (Å²) in [5, 5.41) is 14.8. The number of carboxylic acid groups (broad SMARTS) is 1. The number of hydrogen-bond acceptors (Lipinski definition) is 7. The number of nitrogens with one attached hydrogen (secondary N) is 2. The third kappa shape index (κ3) is 4.42. The molecule has 2 aromatic heterocycles. The van der Waals surface area contributed by atoms with Gasteiger partial charge in [0.05, 0.1) is 22.1 Å². The Morgan fingerprint density at radius 1 is 1.15 bits per heavy atom. The Hall–Kier alpha value is -3.40. The molecule has 0 radical (unpaired) electrons. The molecule has 27 heavy (non-hydrogen) atoms. The van der Waals surface area contributed by atoms with Crippen molar-refractivity contribution in [2.24, 2.45) is 0 Å². The van der Waals surface area contributed by atoms with Crippen LogP contribution < -0.4 is 10.6 Å². The molecule has 3 N–H and O–H groups in total. The molecule has 0 saturated carbocycles. The van der Waals surface area contributed by atoms with Gasteiger partial charge >= 0.3 is 6.09 Å². The number of benzene rings is 1. The van der Waals surface area contributed by atoms with E-state index < -0.39 is 16.9 Å². The van der Waals surface area contributed by atoms with Crippen LogP contribution in [0, 0.1) is 6.92 Å². The smallest absolute Gasteiger partial charge is 0.409 e. The number of aromatic nitrogens is 4. The summed E-state index contributed by atoms with van der Waals surface area (Å²) < 4.78 is 11.7. The second-order valence-corrected chi connectivity index (χ2v) is 6.89. The van der Waals surface area contributed by atoms with Crippen LogP contribution in [0.3, 0.4) is 0 Å². The number of hydrogen-bond donors (Lipinski definition) is 3. The largest absolute Gasteiger partial charge is 0.465 e. The molecule has 3 aromatic rings. The van der Waals surface area contributed by atoms with Crippen molar-refractivity contribution in [3.63, 3.8) is 0 Å². The minimum absolute atomic E-state index is 0.402. The second-order valence-electron chi connectivity index (χ2n) is 5.57. The molecule has 1 unspecified atom stereocenters. The van der Waals surface area contributed by atoms with Crippen LogP contribution in [0.2, 0.25) is 0 Å². The SMILES string of the molecule is Cc1ccc(NC(=O)O)cc1Nc1ncncc1-c1cc(S(C)=O)ncn1. The van der Waals surface area contributed by atoms with E-state index in [1.807, 2.05) is 6.92 Å². The number of rotatable bonds is 5. The van der Waals surface area contributed by atoms with Gasteiger partial charge in [-0.25, -0.2) is 24.7 Å². The quantitative estimate of drug-likeness (QED) is 0.573. The van der Waals surface area contributed by atoms with Crippen molar-refractivity contribution in [2.45, 2.75) is 11.9 Å². The van der Waals surface area contributed by atoms with Crippen molar-refractivity contribution >= 4 is 34.1 Å². The molecule has 0 spiro atoms. The lowest BCUT2D eigenvalue weighted by atomic mass is 10.1. The molecule has 1 aromatic carbocycles. The molecule has 0 fully saturated rings. The van der Waals surface area contributed by atoms with E-state index in [0.717, 1.165) is 5.56 Å². The van der Waals surface area contributed by atoms with E-state index in [4.69, 9.17) is 5.11 Å². The van der Waals surface area contributed by atoms with Gasteiger partial charge in [-0.2, -0.15) is 0 Å². The highest BCUT2D eigenvalue weighted by atomic mass is 32.2. The first kappa shape index (κ1) is 18.4. The number of carbonyl (C=O) groups is 1. The van der Waals surface area contributed by atoms with E-state index in [1.54, 1.807) is 30.5 Å². The number of nitrogens with zero attached hydrogens (tertiary/aromatic N) is 4. The van der Waals surface area contributed by atoms with Crippen molar-refractivity contribution in [3.05, 3.63) is 48.7 Å². The first-order valence-electron chi connectivity index (χ1n) is 7.77. The molecular weight excluding hydrogens is 368 g/mol. The zero-order chi connectivity index (χ0) is 19.4. The number of aryl methyl sites for hydroxylation is 1. The maximum Gasteiger partial charge on any atom is 0.409 e. The Labute approximate surface area is 157 Å². The summed E-state index contributed by atoms with van der Waals surface area (Å²) in [7, 11) is -1.25. The Balaban J connectivity index is 1.99. The zero-order valence-corrected chi connectivity index (χ0v) is 15.3. The minimum Gasteiger partial charge on any atom is -0.465 e. The lowest BCUT2D eigenvalue weighted by Gasteiger charge is -2.13. The van der Waals surface area contributed by atoms with E-state index in [-0.39, 0.29) is 0 Å². The third-order valence-electron chi connectivity index (χ3n) is 3.67. The minimum atomic E-state index is -1.25. The fourth-order valence-corrected chi connectivity index (χ4v) is 2.82. The van der Waals surface area contributed by atoms with Gasteiger partial charge in [0.15, 0.2) is 0 Å². The van der Waals surface area contributed by atoms with E-state index in [1.165, 1.54) is 18.9 Å². The summed E-state index contributed by atoms with van der Waals surface area (Å²) in [6, 6.07) is 6.75. The second kappa shape index (κ2) is 7.87. The van der Waals surface area contributed by atoms with Gasteiger partial charge in [-0.1, -0.05) is 6.07 Å². The monoisotopic (exact) mass is 384 g/mol. The van der Waals surface area contributed by atoms with Crippen LogP contribution in [0.15, 0.2) is 48.1 Å². The predicted molar refractivity (Wildman–Crippen MR) is 101 cm³/mol. The summed E-state index contributed by atoms with van der Waals surface area (Å²) >= 11 is 0. The maximum atomic E-state index is 11.7. The molecule has 2 heterocycles. The van der Waals surface area contributed by atoms with E-state index in [0.29, 0.717) is 33.5 Å². The zero-order valence-electron chi connectivity index (χ0n) is 14.5. The van der Waals surface area contributed by atoms with Gasteiger partial charge < -0.3 is 10.4 Å². The Kier molecular flexibility index (Phi) is 5.36. The molecule has 3 rings (SSSR count). The molecule has 10 heteroatoms. The highest BCUT2D eigenvalue weighted by Crippen LogP contribution is 2.29. The number of anilines is 3. The third-order valence-corrected chi connectivity index (χ3v) is 4.48. The molecule has 0 aliphatic rings. The van der Waals surface area contributed by atoms with Crippen LogP contribution in [0.5, 0.6) is 0 Å². The van der Waals surface area contributed by atoms with Crippen molar-refractivity contribution in [1.82, 2.24) is 19.9 Å². The first-order chi connectivity index (χ1) is 12.9. The average Bonchev–Trinajstić information content (AvgIpc) is 2.64. The predicted octanol–water partition coefficient (Wildman–Crippen LogP) is 2.81. The van der Waals surface area contributed by atoms with Gasteiger partial charge in [0.25, 0.3) is 0 Å². The van der Waals surface area contributed by atoms with Crippen LogP contribution in [0.1, 0.15) is 5.56 Å². The summed E-state index contributed by atoms with van der Waals surface area (Å²) in [6.45, 7) is 1.89. The molecule has 0 saturated heterocycles. The van der Waals surface area contributed by atoms with Crippen LogP contribution in [-0.2, 0) is 10.8 Å². The Morgan fingerprint density at radius 3 is 2.70 bits per heavy atom. The lowest BCUT2D eigenvalue weighted by Crippen LogP contribution is -2.08. The Bertz CT molecular complexity index is 1030. The molecule has 0 aliphatic heterocycles. The normalized spacial score (nSPS) is 11.6. The first-order valence-corrected chi connectivity index (χ1v) is 9.33. The van der Waals surface area contributed by atoms with Crippen LogP contribution >= 0.6 is 0 Å². The van der Waals surface area contributed by atoms with Crippen molar-refractivity contribution in [2.75, 3.05) is 16.9 Å². The molecular formula is C17H16N6O3S. The van der Waals surface area contributed by atoms with Crippen molar-refractivity contribution in [3.8, 4) is 11.3 Å². The molecule has 1 amide bonds. The maximum absolute atomic E-state index is 11.7. The van der Waals surface area contributed by atoms with Gasteiger partial charge in [-0.05, 0) is 30.7 Å². The van der Waals surface area contributed by atoms with E-state index in [2.05, 4.69) is 30.6 Å². The van der Waals surface area contributed by atoms with Crippen molar-refractivity contribution < 1.29 is 14.1 Å². The molecule has 0 bridgehead atoms. The summed E-state index contributed by atoms with van der Waals surface area (Å²) in [4.78, 5) is 27.4. The fraction of sp³-hybridized carbons (Fsp3) is 0.118. The summed E-state index contributed by atoms with van der Waals surface area (Å²) in [6.07, 6.45) is 4.71. The van der Waals surface area contributed by atoms with Gasteiger partial charge in [0.1, 0.15) is 23.5 Å². The van der Waals surface area contributed by atoms with Crippen molar-refractivity contribution in [1.29, 1.82) is 0 Å². The molecule has 9 nitrogen and oxygen atoms in total. The fourth-order valence-electron chi connectivity index (χ4n) is 2.35. The van der Waals surface area contributed by atoms with E-state index in [9.17, 15) is 9.00 Å². The highest BCUT2D eigenvalue weighted by molar-refractivity contribution is 7.84. The van der Waals surface area contributed by atoms with Gasteiger partial charge in [0, 0.05) is 23.8 Å². The lowest BCUT2D eigenvalue weighted by molar-refractivity contribution is 0.210. The molecule has 0 aliphatic carbocycles.